The van der Waals surface area contributed by atoms with E-state index in [1.54, 1.807) is 18.3 Å². The van der Waals surface area contributed by atoms with Crippen LogP contribution in [0.3, 0.4) is 0 Å². The molecule has 7 nitrogen and oxygen atoms in total. The zero-order chi connectivity index (χ0) is 10.5. The van der Waals surface area contributed by atoms with Crippen molar-refractivity contribution in [1.82, 2.24) is 15.1 Å². The van der Waals surface area contributed by atoms with Crippen LogP contribution in [0, 0.1) is 0 Å². The predicted molar refractivity (Wildman–Crippen MR) is 50.4 cm³/mol. The first kappa shape index (κ1) is 9.17. The molecule has 15 heavy (non-hydrogen) atoms. The Hall–Kier alpha value is -2.40. The molecule has 0 fully saturated rings. The van der Waals surface area contributed by atoms with Crippen LogP contribution in [-0.2, 0) is 6.54 Å². The second-order valence-corrected chi connectivity index (χ2v) is 2.62. The summed E-state index contributed by atoms with van der Waals surface area (Å²) in [6.07, 6.45) is 1.64. The molecule has 74 valence electrons. The molecule has 2 aromatic rings. The number of nitrogens with zero attached hydrogens (tertiary/aromatic N) is 6. The van der Waals surface area contributed by atoms with Crippen LogP contribution in [0.2, 0.25) is 0 Å². The Kier molecular flexibility index (Phi) is 2.57. The molecular formula is C8H6N6O. The van der Waals surface area contributed by atoms with Gasteiger partial charge in [0.05, 0.1) is 0 Å². The lowest BCUT2D eigenvalue weighted by Crippen LogP contribution is -1.84. The maximum absolute atomic E-state index is 8.11. The molecule has 0 N–H and O–H groups in total. The highest BCUT2D eigenvalue weighted by Gasteiger charge is 2.07. The van der Waals surface area contributed by atoms with E-state index in [1.165, 1.54) is 0 Å². The third kappa shape index (κ3) is 2.09. The van der Waals surface area contributed by atoms with Gasteiger partial charge in [-0.1, -0.05) is 16.3 Å². The van der Waals surface area contributed by atoms with Gasteiger partial charge in [0, 0.05) is 11.1 Å². The molecule has 0 aliphatic rings. The van der Waals surface area contributed by atoms with E-state index in [-0.39, 0.29) is 12.4 Å². The monoisotopic (exact) mass is 202 g/mol. The second-order valence-electron chi connectivity index (χ2n) is 2.62. The summed E-state index contributed by atoms with van der Waals surface area (Å²) < 4.78 is 4.86. The van der Waals surface area contributed by atoms with Crippen molar-refractivity contribution in [3.63, 3.8) is 0 Å². The van der Waals surface area contributed by atoms with Gasteiger partial charge in [-0.15, -0.1) is 0 Å². The fraction of sp³-hybridized carbons (Fsp3) is 0.125. The van der Waals surface area contributed by atoms with Crippen molar-refractivity contribution in [3.8, 4) is 11.5 Å². The summed E-state index contributed by atoms with van der Waals surface area (Å²) in [5.41, 5.74) is 8.73. The first-order chi connectivity index (χ1) is 7.40. The number of pyridine rings is 1. The molecule has 7 heteroatoms. The van der Waals surface area contributed by atoms with Crippen molar-refractivity contribution in [2.45, 2.75) is 6.54 Å². The van der Waals surface area contributed by atoms with Gasteiger partial charge in [0.25, 0.3) is 0 Å². The Morgan fingerprint density at radius 2 is 2.40 bits per heavy atom. The topological polar surface area (TPSA) is 101 Å². The average molecular weight is 202 g/mol. The zero-order valence-corrected chi connectivity index (χ0v) is 7.61. The smallest absolute Gasteiger partial charge is 0.232 e. The van der Waals surface area contributed by atoms with Gasteiger partial charge in [-0.25, -0.2) is 0 Å². The molecule has 0 aromatic carbocycles. The Morgan fingerprint density at radius 3 is 3.13 bits per heavy atom. The fourth-order valence-corrected chi connectivity index (χ4v) is 1.01. The van der Waals surface area contributed by atoms with Crippen LogP contribution in [0.5, 0.6) is 0 Å². The van der Waals surface area contributed by atoms with E-state index < -0.39 is 0 Å². The van der Waals surface area contributed by atoms with E-state index in [0.29, 0.717) is 11.5 Å². The Morgan fingerprint density at radius 1 is 1.47 bits per heavy atom. The van der Waals surface area contributed by atoms with Crippen LogP contribution in [0.15, 0.2) is 34.0 Å². The van der Waals surface area contributed by atoms with Crippen molar-refractivity contribution in [3.05, 3.63) is 40.7 Å². The van der Waals surface area contributed by atoms with Crippen LogP contribution in [0.4, 0.5) is 0 Å². The van der Waals surface area contributed by atoms with E-state index in [4.69, 9.17) is 10.1 Å². The number of hydrogen-bond acceptors (Lipinski definition) is 5. The van der Waals surface area contributed by atoms with Crippen LogP contribution in [-0.4, -0.2) is 15.1 Å². The van der Waals surface area contributed by atoms with Crippen molar-refractivity contribution in [2.75, 3.05) is 0 Å². The molecule has 2 rings (SSSR count). The van der Waals surface area contributed by atoms with E-state index in [9.17, 15) is 0 Å². The van der Waals surface area contributed by atoms with Crippen molar-refractivity contribution in [2.24, 2.45) is 5.11 Å². The highest BCUT2D eigenvalue weighted by Crippen LogP contribution is 2.11. The number of hydrogen-bond donors (Lipinski definition) is 0. The van der Waals surface area contributed by atoms with Gasteiger partial charge < -0.3 is 4.52 Å². The van der Waals surface area contributed by atoms with Crippen LogP contribution < -0.4 is 0 Å². The summed E-state index contributed by atoms with van der Waals surface area (Å²) in [6.45, 7) is 0.0519. The lowest BCUT2D eigenvalue weighted by molar-refractivity contribution is 0.380. The fourth-order valence-electron chi connectivity index (χ4n) is 1.01. The van der Waals surface area contributed by atoms with Gasteiger partial charge in [-0.05, 0) is 17.7 Å². The average Bonchev–Trinajstić information content (AvgIpc) is 2.76. The minimum absolute atomic E-state index is 0.0519. The molecule has 0 saturated carbocycles. The molecule has 0 atom stereocenters. The standard InChI is InChI=1S/C8H6N6O/c9-14-11-5-7-12-8(13-15-7)6-3-1-2-4-10-6/h1-4H,5H2. The summed E-state index contributed by atoms with van der Waals surface area (Å²) >= 11 is 0. The van der Waals surface area contributed by atoms with Gasteiger partial charge in [0.2, 0.25) is 11.7 Å². The van der Waals surface area contributed by atoms with Gasteiger partial charge in [-0.2, -0.15) is 4.98 Å². The SMILES string of the molecule is [N-]=[N+]=NCc1nc(-c2ccccn2)no1. The second kappa shape index (κ2) is 4.21. The van der Waals surface area contributed by atoms with E-state index in [0.717, 1.165) is 0 Å². The highest BCUT2D eigenvalue weighted by atomic mass is 16.5. The number of aromatic nitrogens is 3. The summed E-state index contributed by atoms with van der Waals surface area (Å²) in [6, 6.07) is 5.39. The molecule has 2 heterocycles. The summed E-state index contributed by atoms with van der Waals surface area (Å²) in [5.74, 6) is 0.659. The van der Waals surface area contributed by atoms with Crippen LogP contribution in [0.25, 0.3) is 22.0 Å². The van der Waals surface area contributed by atoms with Crippen molar-refractivity contribution < 1.29 is 4.52 Å². The molecule has 0 saturated heterocycles. The first-order valence-electron chi connectivity index (χ1n) is 4.15. The normalized spacial score (nSPS) is 9.60. The third-order valence-corrected chi connectivity index (χ3v) is 1.63. The summed E-state index contributed by atoms with van der Waals surface area (Å²) in [4.78, 5) is 10.7. The Balaban J connectivity index is 2.24. The maximum Gasteiger partial charge on any atom is 0.232 e. The Bertz CT molecular complexity index is 487. The van der Waals surface area contributed by atoms with E-state index in [1.807, 2.05) is 6.07 Å². The van der Waals surface area contributed by atoms with Crippen molar-refractivity contribution in [1.29, 1.82) is 0 Å². The lowest BCUT2D eigenvalue weighted by atomic mass is 10.3. The summed E-state index contributed by atoms with van der Waals surface area (Å²) in [7, 11) is 0. The molecule has 0 aliphatic carbocycles. The largest absolute Gasteiger partial charge is 0.339 e. The van der Waals surface area contributed by atoms with Gasteiger partial charge in [0.1, 0.15) is 12.2 Å². The Labute approximate surface area is 84.4 Å². The minimum atomic E-state index is 0.0519. The van der Waals surface area contributed by atoms with Crippen LogP contribution in [0.1, 0.15) is 5.89 Å². The third-order valence-electron chi connectivity index (χ3n) is 1.63. The lowest BCUT2D eigenvalue weighted by Gasteiger charge is -1.88. The zero-order valence-electron chi connectivity index (χ0n) is 7.61. The van der Waals surface area contributed by atoms with Gasteiger partial charge in [0.15, 0.2) is 0 Å². The molecule has 0 aliphatic heterocycles. The molecular weight excluding hydrogens is 196 g/mol. The van der Waals surface area contributed by atoms with Gasteiger partial charge >= 0.3 is 0 Å². The summed E-state index contributed by atoms with van der Waals surface area (Å²) in [5, 5.41) is 7.02. The molecule has 0 radical (unpaired) electrons. The quantitative estimate of drug-likeness (QED) is 0.431. The molecule has 0 bridgehead atoms. The highest BCUT2D eigenvalue weighted by molar-refractivity contribution is 5.46. The molecule has 2 aromatic heterocycles. The van der Waals surface area contributed by atoms with Crippen LogP contribution >= 0.6 is 0 Å². The van der Waals surface area contributed by atoms with E-state index >= 15 is 0 Å². The van der Waals surface area contributed by atoms with Crippen molar-refractivity contribution >= 4 is 0 Å². The number of rotatable bonds is 3. The predicted octanol–water partition coefficient (Wildman–Crippen LogP) is 1.94. The van der Waals surface area contributed by atoms with E-state index in [2.05, 4.69) is 25.2 Å². The first-order valence-corrected chi connectivity index (χ1v) is 4.15. The minimum Gasteiger partial charge on any atom is -0.339 e. The molecule has 0 amide bonds. The molecule has 0 spiro atoms. The number of azide groups is 1. The van der Waals surface area contributed by atoms with Gasteiger partial charge in [-0.3, -0.25) is 4.98 Å². The maximum atomic E-state index is 8.11. The molecule has 0 unspecified atom stereocenters.